The van der Waals surface area contributed by atoms with E-state index in [4.69, 9.17) is 17.3 Å². The number of carboxylic acids is 2. The molecule has 2 rings (SSSR count). The van der Waals surface area contributed by atoms with Crippen molar-refractivity contribution in [3.8, 4) is 0 Å². The predicted molar refractivity (Wildman–Crippen MR) is 98.0 cm³/mol. The molecule has 1 atom stereocenters. The number of hydrogen-bond donors (Lipinski definition) is 2. The lowest BCUT2D eigenvalue weighted by atomic mass is 9.99. The van der Waals surface area contributed by atoms with Crippen LogP contribution >= 0.6 is 24.0 Å². The number of thioether (sulfide) groups is 1. The molecule has 1 fully saturated rings. The number of rotatable bonds is 7. The van der Waals surface area contributed by atoms with Gasteiger partial charge in [-0.25, -0.2) is 0 Å². The number of nitrogens with zero attached hydrogens (tertiary/aromatic N) is 1. The van der Waals surface area contributed by atoms with E-state index in [0.29, 0.717) is 6.42 Å². The SMILES string of the molecule is O=C(O)CN1C(=O)C(=CC=CC(Cc2ccccc2)C(=O)O)SC1=S. The summed E-state index contributed by atoms with van der Waals surface area (Å²) in [5.41, 5.74) is 0.896. The number of benzene rings is 1. The van der Waals surface area contributed by atoms with Crippen LogP contribution in [0.4, 0.5) is 0 Å². The molecule has 0 aromatic heterocycles. The van der Waals surface area contributed by atoms with Crippen molar-refractivity contribution >= 4 is 46.1 Å². The lowest BCUT2D eigenvalue weighted by Gasteiger charge is -2.10. The Morgan fingerprint density at radius 3 is 2.52 bits per heavy atom. The molecule has 8 heteroatoms. The van der Waals surface area contributed by atoms with Gasteiger partial charge in [0.2, 0.25) is 0 Å². The minimum absolute atomic E-state index is 0.172. The average molecular weight is 377 g/mol. The van der Waals surface area contributed by atoms with Crippen molar-refractivity contribution in [2.45, 2.75) is 6.42 Å². The summed E-state index contributed by atoms with van der Waals surface area (Å²) in [6.07, 6.45) is 4.79. The van der Waals surface area contributed by atoms with Gasteiger partial charge < -0.3 is 10.2 Å². The number of carbonyl (C=O) groups excluding carboxylic acids is 1. The van der Waals surface area contributed by atoms with Crippen molar-refractivity contribution in [2.75, 3.05) is 6.54 Å². The van der Waals surface area contributed by atoms with Crippen LogP contribution in [0.2, 0.25) is 0 Å². The van der Waals surface area contributed by atoms with Crippen LogP contribution in [-0.2, 0) is 20.8 Å². The Labute approximate surface area is 153 Å². The highest BCUT2D eigenvalue weighted by Crippen LogP contribution is 2.30. The highest BCUT2D eigenvalue weighted by atomic mass is 32.2. The van der Waals surface area contributed by atoms with E-state index in [1.165, 1.54) is 18.2 Å². The van der Waals surface area contributed by atoms with Gasteiger partial charge in [-0.1, -0.05) is 66.5 Å². The summed E-state index contributed by atoms with van der Waals surface area (Å²) in [7, 11) is 0. The van der Waals surface area contributed by atoms with Crippen LogP contribution < -0.4 is 0 Å². The molecule has 1 heterocycles. The Morgan fingerprint density at radius 1 is 1.24 bits per heavy atom. The molecule has 0 saturated carbocycles. The van der Waals surface area contributed by atoms with Gasteiger partial charge in [0.05, 0.1) is 10.8 Å². The summed E-state index contributed by atoms with van der Waals surface area (Å²) < 4.78 is 0.172. The third-order valence-electron chi connectivity index (χ3n) is 3.37. The maximum atomic E-state index is 12.1. The van der Waals surface area contributed by atoms with Crippen molar-refractivity contribution in [1.82, 2.24) is 4.90 Å². The van der Waals surface area contributed by atoms with E-state index in [1.54, 1.807) is 0 Å². The fraction of sp³-hybridized carbons (Fsp3) is 0.176. The zero-order chi connectivity index (χ0) is 18.4. The van der Waals surface area contributed by atoms with Crippen LogP contribution in [0.5, 0.6) is 0 Å². The highest BCUT2D eigenvalue weighted by Gasteiger charge is 2.32. The lowest BCUT2D eigenvalue weighted by molar-refractivity contribution is -0.140. The summed E-state index contributed by atoms with van der Waals surface area (Å²) in [6, 6.07) is 9.23. The number of carbonyl (C=O) groups is 3. The first kappa shape index (κ1) is 18.9. The van der Waals surface area contributed by atoms with Gasteiger partial charge in [0.1, 0.15) is 10.9 Å². The van der Waals surface area contributed by atoms with Crippen molar-refractivity contribution in [3.63, 3.8) is 0 Å². The molecular weight excluding hydrogens is 362 g/mol. The number of allylic oxidation sites excluding steroid dienone is 2. The molecule has 0 aliphatic carbocycles. The van der Waals surface area contributed by atoms with Crippen LogP contribution in [0, 0.1) is 5.92 Å². The fourth-order valence-electron chi connectivity index (χ4n) is 2.17. The van der Waals surface area contributed by atoms with Gasteiger partial charge in [-0.15, -0.1) is 0 Å². The minimum atomic E-state index is -1.15. The molecule has 1 saturated heterocycles. The molecule has 130 valence electrons. The smallest absolute Gasteiger partial charge is 0.323 e. The molecule has 0 bridgehead atoms. The van der Waals surface area contributed by atoms with Gasteiger partial charge in [0.25, 0.3) is 5.91 Å². The molecule has 1 amide bonds. The number of thiocarbonyl (C=S) groups is 1. The van der Waals surface area contributed by atoms with Crippen LogP contribution in [0.25, 0.3) is 0 Å². The summed E-state index contributed by atoms with van der Waals surface area (Å²) in [4.78, 5) is 35.5. The van der Waals surface area contributed by atoms with Gasteiger partial charge in [-0.3, -0.25) is 19.3 Å². The quantitative estimate of drug-likeness (QED) is 0.556. The standard InChI is InChI=1S/C17H15NO5S2/c19-14(20)10-18-15(21)13(25-17(18)24)8-4-7-12(16(22)23)9-11-5-2-1-3-6-11/h1-8,12H,9-10H2,(H,19,20)(H,22,23). The summed E-state index contributed by atoms with van der Waals surface area (Å²) in [6.45, 7) is -0.489. The molecule has 25 heavy (non-hydrogen) atoms. The lowest BCUT2D eigenvalue weighted by Crippen LogP contribution is -2.33. The van der Waals surface area contributed by atoms with E-state index in [2.05, 4.69) is 0 Å². The summed E-state index contributed by atoms with van der Waals surface area (Å²) >= 11 is 5.98. The van der Waals surface area contributed by atoms with Gasteiger partial charge in [-0.05, 0) is 18.1 Å². The van der Waals surface area contributed by atoms with E-state index >= 15 is 0 Å². The number of hydrogen-bond acceptors (Lipinski definition) is 5. The zero-order valence-electron chi connectivity index (χ0n) is 13.0. The van der Waals surface area contributed by atoms with Crippen LogP contribution in [-0.4, -0.2) is 43.8 Å². The van der Waals surface area contributed by atoms with E-state index in [1.807, 2.05) is 30.3 Å². The number of aliphatic carboxylic acids is 2. The van der Waals surface area contributed by atoms with E-state index in [0.717, 1.165) is 22.2 Å². The molecular formula is C17H15NO5S2. The van der Waals surface area contributed by atoms with Crippen molar-refractivity contribution < 1.29 is 24.6 Å². The summed E-state index contributed by atoms with van der Waals surface area (Å²) in [5, 5.41) is 18.1. The minimum Gasteiger partial charge on any atom is -0.481 e. The van der Waals surface area contributed by atoms with Crippen molar-refractivity contribution in [3.05, 3.63) is 59.0 Å². The van der Waals surface area contributed by atoms with Gasteiger partial charge in [-0.2, -0.15) is 0 Å². The van der Waals surface area contributed by atoms with E-state index in [-0.39, 0.29) is 9.23 Å². The first-order valence-corrected chi connectivity index (χ1v) is 8.51. The Morgan fingerprint density at radius 2 is 1.92 bits per heavy atom. The van der Waals surface area contributed by atoms with Gasteiger partial charge in [0.15, 0.2) is 0 Å². The molecule has 0 spiro atoms. The monoisotopic (exact) mass is 377 g/mol. The van der Waals surface area contributed by atoms with E-state index < -0.39 is 30.3 Å². The first-order chi connectivity index (χ1) is 11.9. The number of carboxylic acid groups (broad SMARTS) is 2. The predicted octanol–water partition coefficient (Wildman–Crippen LogP) is 2.31. The average Bonchev–Trinajstić information content (AvgIpc) is 2.82. The van der Waals surface area contributed by atoms with Crippen LogP contribution in [0.3, 0.4) is 0 Å². The second kappa shape index (κ2) is 8.59. The van der Waals surface area contributed by atoms with Crippen LogP contribution in [0.15, 0.2) is 53.5 Å². The molecule has 1 aliphatic rings. The van der Waals surface area contributed by atoms with E-state index in [9.17, 15) is 19.5 Å². The maximum absolute atomic E-state index is 12.1. The molecule has 1 aliphatic heterocycles. The van der Waals surface area contributed by atoms with Crippen molar-refractivity contribution in [2.24, 2.45) is 5.92 Å². The molecule has 1 unspecified atom stereocenters. The first-order valence-electron chi connectivity index (χ1n) is 7.29. The largest absolute Gasteiger partial charge is 0.481 e. The number of amides is 1. The van der Waals surface area contributed by atoms with Gasteiger partial charge >= 0.3 is 11.9 Å². The third-order valence-corrected chi connectivity index (χ3v) is 4.77. The zero-order valence-corrected chi connectivity index (χ0v) is 14.6. The highest BCUT2D eigenvalue weighted by molar-refractivity contribution is 8.26. The van der Waals surface area contributed by atoms with Crippen molar-refractivity contribution in [1.29, 1.82) is 0 Å². The Kier molecular flexibility index (Phi) is 6.49. The second-order valence-corrected chi connectivity index (χ2v) is 6.88. The Balaban J connectivity index is 2.07. The Bertz CT molecular complexity index is 758. The molecule has 1 aromatic rings. The topological polar surface area (TPSA) is 94.9 Å². The Hall–Kier alpha value is -2.45. The molecule has 6 nitrogen and oxygen atoms in total. The molecule has 2 N–H and O–H groups in total. The molecule has 0 radical (unpaired) electrons. The maximum Gasteiger partial charge on any atom is 0.323 e. The normalized spacial score (nSPS) is 17.4. The van der Waals surface area contributed by atoms with Crippen LogP contribution in [0.1, 0.15) is 5.56 Å². The van der Waals surface area contributed by atoms with Gasteiger partial charge in [0, 0.05) is 0 Å². The fourth-order valence-corrected chi connectivity index (χ4v) is 3.38. The summed E-state index contributed by atoms with van der Waals surface area (Å²) in [5.74, 6) is -3.34. The second-order valence-electron chi connectivity index (χ2n) is 5.20. The third kappa shape index (κ3) is 5.27. The molecule has 1 aromatic carbocycles.